The van der Waals surface area contributed by atoms with Gasteiger partial charge in [0.1, 0.15) is 0 Å². The van der Waals surface area contributed by atoms with Crippen molar-refractivity contribution in [2.75, 3.05) is 18.9 Å². The van der Waals surface area contributed by atoms with Crippen molar-refractivity contribution < 1.29 is 4.79 Å². The predicted octanol–water partition coefficient (Wildman–Crippen LogP) is 3.24. The molecule has 5 heteroatoms. The van der Waals surface area contributed by atoms with Crippen molar-refractivity contribution in [2.45, 2.75) is 18.9 Å². The molecule has 0 bridgehead atoms. The summed E-state index contributed by atoms with van der Waals surface area (Å²) in [5, 5.41) is 3.16. The number of likely N-dealkylation sites (N-methyl/N-ethyl adjacent to an activating group) is 1. The molecule has 0 saturated heterocycles. The quantitative estimate of drug-likeness (QED) is 0.892. The molecule has 1 aromatic rings. The van der Waals surface area contributed by atoms with Crippen molar-refractivity contribution in [1.82, 2.24) is 4.90 Å². The molecular weight excluding hydrogens is 348 g/mol. The summed E-state index contributed by atoms with van der Waals surface area (Å²) in [4.78, 5) is 13.7. The van der Waals surface area contributed by atoms with E-state index in [9.17, 15) is 4.79 Å². The van der Waals surface area contributed by atoms with Crippen LogP contribution in [0.3, 0.4) is 0 Å². The second-order valence-electron chi connectivity index (χ2n) is 4.19. The number of halogens is 2. The van der Waals surface area contributed by atoms with E-state index in [4.69, 9.17) is 0 Å². The molecule has 1 saturated carbocycles. The summed E-state index contributed by atoms with van der Waals surface area (Å²) in [6.07, 6.45) is 2.28. The minimum absolute atomic E-state index is 0.134. The molecule has 3 nitrogen and oxygen atoms in total. The summed E-state index contributed by atoms with van der Waals surface area (Å²) in [5.74, 6) is 0.134. The van der Waals surface area contributed by atoms with Crippen molar-refractivity contribution >= 4 is 43.5 Å². The van der Waals surface area contributed by atoms with Crippen LogP contribution in [0.4, 0.5) is 5.69 Å². The molecule has 1 aliphatic rings. The molecule has 1 N–H and O–H groups in total. The summed E-state index contributed by atoms with van der Waals surface area (Å²) in [5.41, 5.74) is 0.921. The zero-order chi connectivity index (χ0) is 12.4. The number of para-hydroxylation sites is 1. The number of anilines is 1. The highest BCUT2D eigenvalue weighted by Gasteiger charge is 2.29. The number of amides is 1. The van der Waals surface area contributed by atoms with E-state index >= 15 is 0 Å². The van der Waals surface area contributed by atoms with E-state index < -0.39 is 0 Å². The molecule has 0 atom stereocenters. The normalized spacial score (nSPS) is 14.5. The topological polar surface area (TPSA) is 32.3 Å². The van der Waals surface area contributed by atoms with Crippen molar-refractivity contribution in [1.29, 1.82) is 0 Å². The molecular formula is C12H14Br2N2O. The number of hydrogen-bond acceptors (Lipinski definition) is 2. The first-order valence-corrected chi connectivity index (χ1v) is 7.11. The lowest BCUT2D eigenvalue weighted by Crippen LogP contribution is -2.33. The number of rotatable bonds is 4. The lowest BCUT2D eigenvalue weighted by molar-refractivity contribution is -0.128. The lowest BCUT2D eigenvalue weighted by atomic mass is 10.3. The van der Waals surface area contributed by atoms with Crippen LogP contribution in [-0.2, 0) is 4.79 Å². The van der Waals surface area contributed by atoms with Gasteiger partial charge in [0.25, 0.3) is 0 Å². The van der Waals surface area contributed by atoms with Crippen LogP contribution >= 0.6 is 31.9 Å². The average Bonchev–Trinajstić information content (AvgIpc) is 3.11. The Kier molecular flexibility index (Phi) is 4.09. The summed E-state index contributed by atoms with van der Waals surface area (Å²) < 4.78 is 1.91. The first kappa shape index (κ1) is 12.9. The van der Waals surface area contributed by atoms with Gasteiger partial charge in [-0.2, -0.15) is 0 Å². The first-order chi connectivity index (χ1) is 8.09. The number of hydrogen-bond donors (Lipinski definition) is 1. The zero-order valence-corrected chi connectivity index (χ0v) is 12.7. The number of nitrogens with one attached hydrogen (secondary N) is 1. The van der Waals surface area contributed by atoms with Crippen molar-refractivity contribution in [3.63, 3.8) is 0 Å². The van der Waals surface area contributed by atoms with Gasteiger partial charge < -0.3 is 10.2 Å². The van der Waals surface area contributed by atoms with E-state index in [1.807, 2.05) is 30.1 Å². The van der Waals surface area contributed by atoms with E-state index in [2.05, 4.69) is 37.2 Å². The summed E-state index contributed by atoms with van der Waals surface area (Å²) in [7, 11) is 1.87. The molecule has 0 aromatic heterocycles. The fraction of sp³-hybridized carbons (Fsp3) is 0.417. The molecule has 1 fully saturated rings. The van der Waals surface area contributed by atoms with Gasteiger partial charge in [-0.25, -0.2) is 0 Å². The van der Waals surface area contributed by atoms with Crippen LogP contribution in [0, 0.1) is 0 Å². The maximum atomic E-state index is 11.9. The summed E-state index contributed by atoms with van der Waals surface area (Å²) in [6.45, 7) is 0.328. The Morgan fingerprint density at radius 3 is 2.53 bits per heavy atom. The zero-order valence-electron chi connectivity index (χ0n) is 9.54. The third kappa shape index (κ3) is 3.22. The Morgan fingerprint density at radius 1 is 1.41 bits per heavy atom. The molecule has 2 rings (SSSR count). The van der Waals surface area contributed by atoms with Gasteiger partial charge in [-0.15, -0.1) is 0 Å². The number of nitrogens with zero attached hydrogens (tertiary/aromatic N) is 1. The Labute approximate surface area is 118 Å². The fourth-order valence-electron chi connectivity index (χ4n) is 1.62. The molecule has 17 heavy (non-hydrogen) atoms. The van der Waals surface area contributed by atoms with Crippen molar-refractivity contribution in [2.24, 2.45) is 0 Å². The molecule has 0 unspecified atom stereocenters. The highest BCUT2D eigenvalue weighted by atomic mass is 79.9. The third-order valence-electron chi connectivity index (χ3n) is 2.87. The minimum atomic E-state index is 0.134. The Bertz CT molecular complexity index is 412. The van der Waals surface area contributed by atoms with Crippen LogP contribution in [-0.4, -0.2) is 30.4 Å². The fourth-order valence-corrected chi connectivity index (χ4v) is 2.90. The Hall–Kier alpha value is -0.550. The minimum Gasteiger partial charge on any atom is -0.374 e. The average molecular weight is 362 g/mol. The molecule has 0 aliphatic heterocycles. The van der Waals surface area contributed by atoms with E-state index in [1.54, 1.807) is 0 Å². The smallest absolute Gasteiger partial charge is 0.241 e. The molecule has 92 valence electrons. The van der Waals surface area contributed by atoms with Gasteiger partial charge in [-0.1, -0.05) is 6.07 Å². The molecule has 0 heterocycles. The van der Waals surface area contributed by atoms with Crippen LogP contribution in [0.5, 0.6) is 0 Å². The molecule has 1 aromatic carbocycles. The predicted molar refractivity (Wildman–Crippen MR) is 76.1 cm³/mol. The number of carbonyl (C=O) groups excluding carboxylic acids is 1. The van der Waals surface area contributed by atoms with Gasteiger partial charge in [0, 0.05) is 22.0 Å². The van der Waals surface area contributed by atoms with E-state index in [0.717, 1.165) is 27.5 Å². The largest absolute Gasteiger partial charge is 0.374 e. The molecule has 1 aliphatic carbocycles. The molecule has 1 amide bonds. The maximum Gasteiger partial charge on any atom is 0.241 e. The monoisotopic (exact) mass is 360 g/mol. The van der Waals surface area contributed by atoms with Crippen LogP contribution in [0.1, 0.15) is 12.8 Å². The SMILES string of the molecule is CN(C(=O)CNc1c(Br)cccc1Br)C1CC1. The third-order valence-corrected chi connectivity index (χ3v) is 4.19. The van der Waals surface area contributed by atoms with E-state index in [-0.39, 0.29) is 5.91 Å². The maximum absolute atomic E-state index is 11.9. The highest BCUT2D eigenvalue weighted by Crippen LogP contribution is 2.30. The van der Waals surface area contributed by atoms with Crippen LogP contribution in [0.2, 0.25) is 0 Å². The summed E-state index contributed by atoms with van der Waals surface area (Å²) >= 11 is 6.92. The Balaban J connectivity index is 1.95. The van der Waals surface area contributed by atoms with Crippen molar-refractivity contribution in [3.8, 4) is 0 Å². The standard InChI is InChI=1S/C12H14Br2N2O/c1-16(8-5-6-8)11(17)7-15-12-9(13)3-2-4-10(12)14/h2-4,8,15H,5-7H2,1H3. The summed E-state index contributed by atoms with van der Waals surface area (Å²) in [6, 6.07) is 6.30. The van der Waals surface area contributed by atoms with Gasteiger partial charge in [-0.3, -0.25) is 4.79 Å². The van der Waals surface area contributed by atoms with Gasteiger partial charge in [0.15, 0.2) is 0 Å². The number of carbonyl (C=O) groups is 1. The van der Waals surface area contributed by atoms with Crippen LogP contribution in [0.15, 0.2) is 27.1 Å². The Morgan fingerprint density at radius 2 is 2.00 bits per heavy atom. The van der Waals surface area contributed by atoms with Gasteiger partial charge in [0.2, 0.25) is 5.91 Å². The number of benzene rings is 1. The lowest BCUT2D eigenvalue weighted by Gasteiger charge is -2.17. The second kappa shape index (κ2) is 5.40. The van der Waals surface area contributed by atoms with E-state index in [1.165, 1.54) is 0 Å². The van der Waals surface area contributed by atoms with E-state index in [0.29, 0.717) is 12.6 Å². The first-order valence-electron chi connectivity index (χ1n) is 5.53. The van der Waals surface area contributed by atoms with Gasteiger partial charge in [-0.05, 0) is 56.8 Å². The second-order valence-corrected chi connectivity index (χ2v) is 5.89. The molecule has 0 spiro atoms. The van der Waals surface area contributed by atoms with Gasteiger partial charge >= 0.3 is 0 Å². The van der Waals surface area contributed by atoms with Gasteiger partial charge in [0.05, 0.1) is 12.2 Å². The van der Waals surface area contributed by atoms with Crippen LogP contribution in [0.25, 0.3) is 0 Å². The highest BCUT2D eigenvalue weighted by molar-refractivity contribution is 9.11. The molecule has 0 radical (unpaired) electrons. The van der Waals surface area contributed by atoms with Crippen molar-refractivity contribution in [3.05, 3.63) is 27.1 Å². The van der Waals surface area contributed by atoms with Crippen LogP contribution < -0.4 is 5.32 Å².